The Balaban J connectivity index is 2.64. The Hall–Kier alpha value is -2.44. The zero-order chi connectivity index (χ0) is 17.7. The predicted octanol–water partition coefficient (Wildman–Crippen LogP) is 2.73. The van der Waals surface area contributed by atoms with Crippen molar-refractivity contribution < 1.29 is 23.1 Å². The quantitative estimate of drug-likeness (QED) is 0.642. The number of carbonyl (C=O) groups is 1. The summed E-state index contributed by atoms with van der Waals surface area (Å²) in [5.41, 5.74) is 1.77. The van der Waals surface area contributed by atoms with Crippen LogP contribution in [-0.2, 0) is 19.4 Å². The molecule has 0 aliphatic heterocycles. The summed E-state index contributed by atoms with van der Waals surface area (Å²) in [5, 5.41) is 9.66. The number of benzene rings is 2. The fraction of sp³-hybridized carbons (Fsp3) is 0.167. The summed E-state index contributed by atoms with van der Waals surface area (Å²) in [6.07, 6.45) is 1.13. The molecule has 0 aliphatic carbocycles. The standard InChI is InChI=1S/C18H18O5S/c1-23-12-16(13-8-10-15(11-9-13)24(2,21)22)17(18(19)20)14-6-4-3-5-7-14/h3-11H,12H2,1-2H3,(H,19,20)/b17-16-. The van der Waals surface area contributed by atoms with Crippen molar-refractivity contribution in [2.75, 3.05) is 20.0 Å². The van der Waals surface area contributed by atoms with Crippen molar-refractivity contribution in [1.29, 1.82) is 0 Å². The smallest absolute Gasteiger partial charge is 0.336 e. The summed E-state index contributed by atoms with van der Waals surface area (Å²) in [6.45, 7) is 0.0920. The second-order valence-electron chi connectivity index (χ2n) is 5.25. The van der Waals surface area contributed by atoms with E-state index in [1.54, 1.807) is 42.5 Å². The topological polar surface area (TPSA) is 80.7 Å². The molecule has 2 rings (SSSR count). The maximum atomic E-state index is 11.8. The van der Waals surface area contributed by atoms with Crippen molar-refractivity contribution in [2.45, 2.75) is 4.90 Å². The lowest BCUT2D eigenvalue weighted by molar-refractivity contribution is -0.130. The molecular formula is C18H18O5S. The van der Waals surface area contributed by atoms with Gasteiger partial charge in [-0.3, -0.25) is 0 Å². The molecule has 5 nitrogen and oxygen atoms in total. The molecule has 126 valence electrons. The number of hydrogen-bond donors (Lipinski definition) is 1. The molecule has 2 aromatic rings. The molecule has 0 saturated carbocycles. The highest BCUT2D eigenvalue weighted by atomic mass is 32.2. The van der Waals surface area contributed by atoms with Crippen molar-refractivity contribution in [3.8, 4) is 0 Å². The number of sulfone groups is 1. The molecule has 0 aromatic heterocycles. The fourth-order valence-electron chi connectivity index (χ4n) is 2.38. The summed E-state index contributed by atoms with van der Waals surface area (Å²) in [5.74, 6) is -1.07. The minimum atomic E-state index is -3.31. The van der Waals surface area contributed by atoms with Crippen LogP contribution in [0, 0.1) is 0 Å². The van der Waals surface area contributed by atoms with E-state index in [-0.39, 0.29) is 17.1 Å². The first-order chi connectivity index (χ1) is 11.3. The van der Waals surface area contributed by atoms with Crippen LogP contribution < -0.4 is 0 Å². The molecule has 0 unspecified atom stereocenters. The largest absolute Gasteiger partial charge is 0.478 e. The van der Waals surface area contributed by atoms with Crippen molar-refractivity contribution in [2.24, 2.45) is 0 Å². The fourth-order valence-corrected chi connectivity index (χ4v) is 3.01. The van der Waals surface area contributed by atoms with Crippen molar-refractivity contribution in [3.63, 3.8) is 0 Å². The Kier molecular flexibility index (Phi) is 5.54. The molecule has 2 aromatic carbocycles. The van der Waals surface area contributed by atoms with Crippen LogP contribution in [0.15, 0.2) is 59.5 Å². The lowest BCUT2D eigenvalue weighted by Crippen LogP contribution is -2.07. The van der Waals surface area contributed by atoms with Gasteiger partial charge in [-0.15, -0.1) is 0 Å². The molecule has 6 heteroatoms. The van der Waals surface area contributed by atoms with E-state index in [9.17, 15) is 18.3 Å². The van der Waals surface area contributed by atoms with Gasteiger partial charge in [0.25, 0.3) is 0 Å². The van der Waals surface area contributed by atoms with E-state index < -0.39 is 15.8 Å². The summed E-state index contributed by atoms with van der Waals surface area (Å²) >= 11 is 0. The van der Waals surface area contributed by atoms with Gasteiger partial charge in [0.15, 0.2) is 9.84 Å². The van der Waals surface area contributed by atoms with Crippen molar-refractivity contribution >= 4 is 27.0 Å². The number of methoxy groups -OCH3 is 1. The third-order valence-corrected chi connectivity index (χ3v) is 4.63. The summed E-state index contributed by atoms with van der Waals surface area (Å²) in [6, 6.07) is 14.9. The van der Waals surface area contributed by atoms with Crippen molar-refractivity contribution in [3.05, 3.63) is 65.7 Å². The molecule has 0 heterocycles. The minimum absolute atomic E-state index is 0.0920. The Morgan fingerprint density at radius 1 is 1.00 bits per heavy atom. The van der Waals surface area contributed by atoms with Gasteiger partial charge in [-0.1, -0.05) is 42.5 Å². The highest BCUT2D eigenvalue weighted by Gasteiger charge is 2.18. The molecular weight excluding hydrogens is 328 g/mol. The predicted molar refractivity (Wildman–Crippen MR) is 92.3 cm³/mol. The maximum absolute atomic E-state index is 11.8. The van der Waals surface area contributed by atoms with E-state index >= 15 is 0 Å². The SMILES string of the molecule is COC/C(=C(/C(=O)O)c1ccccc1)c1ccc(S(C)(=O)=O)cc1. The average molecular weight is 346 g/mol. The van der Waals surface area contributed by atoms with Gasteiger partial charge in [-0.05, 0) is 23.3 Å². The van der Waals surface area contributed by atoms with Crippen LogP contribution in [0.2, 0.25) is 0 Å². The van der Waals surface area contributed by atoms with Crippen LogP contribution in [0.4, 0.5) is 0 Å². The van der Waals surface area contributed by atoms with E-state index in [2.05, 4.69) is 0 Å². The molecule has 0 fully saturated rings. The molecule has 0 radical (unpaired) electrons. The first-order valence-electron chi connectivity index (χ1n) is 7.16. The van der Waals surface area contributed by atoms with Crippen LogP contribution in [0.3, 0.4) is 0 Å². The van der Waals surface area contributed by atoms with E-state index in [4.69, 9.17) is 4.74 Å². The van der Waals surface area contributed by atoms with Crippen molar-refractivity contribution in [1.82, 2.24) is 0 Å². The van der Waals surface area contributed by atoms with E-state index in [1.807, 2.05) is 0 Å². The lowest BCUT2D eigenvalue weighted by Gasteiger charge is -2.13. The van der Waals surface area contributed by atoms with Crippen LogP contribution in [-0.4, -0.2) is 39.5 Å². The Morgan fingerprint density at radius 3 is 2.04 bits per heavy atom. The Bertz CT molecular complexity index is 850. The molecule has 0 bridgehead atoms. The highest BCUT2D eigenvalue weighted by molar-refractivity contribution is 7.90. The minimum Gasteiger partial charge on any atom is -0.478 e. The first kappa shape index (κ1) is 17.9. The zero-order valence-corrected chi connectivity index (χ0v) is 14.2. The lowest BCUT2D eigenvalue weighted by atomic mass is 9.95. The Morgan fingerprint density at radius 2 is 1.58 bits per heavy atom. The van der Waals surface area contributed by atoms with E-state index in [0.29, 0.717) is 16.7 Å². The van der Waals surface area contributed by atoms with E-state index in [0.717, 1.165) is 6.26 Å². The molecule has 24 heavy (non-hydrogen) atoms. The number of ether oxygens (including phenoxy) is 1. The highest BCUT2D eigenvalue weighted by Crippen LogP contribution is 2.28. The van der Waals surface area contributed by atoms with Crippen LogP contribution in [0.5, 0.6) is 0 Å². The first-order valence-corrected chi connectivity index (χ1v) is 9.05. The summed E-state index contributed by atoms with van der Waals surface area (Å²) < 4.78 is 28.3. The van der Waals surface area contributed by atoms with Gasteiger partial charge in [0.1, 0.15) is 0 Å². The van der Waals surface area contributed by atoms with Gasteiger partial charge in [-0.2, -0.15) is 0 Å². The number of carboxylic acid groups (broad SMARTS) is 1. The normalized spacial score (nSPS) is 12.6. The number of carboxylic acids is 1. The van der Waals surface area contributed by atoms with Gasteiger partial charge < -0.3 is 9.84 Å². The number of hydrogen-bond acceptors (Lipinski definition) is 4. The molecule has 1 N–H and O–H groups in total. The van der Waals surface area contributed by atoms with Crippen LogP contribution in [0.25, 0.3) is 11.1 Å². The molecule has 0 amide bonds. The summed E-state index contributed by atoms with van der Waals surface area (Å²) in [7, 11) is -1.83. The van der Waals surface area contributed by atoms with Gasteiger partial charge in [-0.25, -0.2) is 13.2 Å². The van der Waals surface area contributed by atoms with Gasteiger partial charge in [0.2, 0.25) is 0 Å². The summed E-state index contributed by atoms with van der Waals surface area (Å²) in [4.78, 5) is 12.0. The van der Waals surface area contributed by atoms with E-state index in [1.165, 1.54) is 19.2 Å². The third kappa shape index (κ3) is 4.10. The molecule has 0 atom stereocenters. The second kappa shape index (κ2) is 7.42. The molecule has 0 saturated heterocycles. The maximum Gasteiger partial charge on any atom is 0.336 e. The van der Waals surface area contributed by atoms with Gasteiger partial charge in [0.05, 0.1) is 17.1 Å². The number of aliphatic carboxylic acids is 1. The number of rotatable bonds is 6. The zero-order valence-electron chi connectivity index (χ0n) is 13.4. The van der Waals surface area contributed by atoms with Crippen LogP contribution >= 0.6 is 0 Å². The van der Waals surface area contributed by atoms with Crippen LogP contribution in [0.1, 0.15) is 11.1 Å². The monoisotopic (exact) mass is 346 g/mol. The molecule has 0 aliphatic rings. The second-order valence-corrected chi connectivity index (χ2v) is 7.27. The van der Waals surface area contributed by atoms with Gasteiger partial charge in [0, 0.05) is 18.9 Å². The average Bonchev–Trinajstić information content (AvgIpc) is 2.54. The Labute approximate surface area is 141 Å². The van der Waals surface area contributed by atoms with Gasteiger partial charge >= 0.3 is 5.97 Å². The third-order valence-electron chi connectivity index (χ3n) is 3.50. The molecule has 0 spiro atoms.